The van der Waals surface area contributed by atoms with Gasteiger partial charge in [-0.3, -0.25) is 9.59 Å². The van der Waals surface area contributed by atoms with Crippen LogP contribution in [0.25, 0.3) is 10.9 Å². The number of aromatic nitrogens is 1. The summed E-state index contributed by atoms with van der Waals surface area (Å²) < 4.78 is 7.23. The van der Waals surface area contributed by atoms with E-state index in [-0.39, 0.29) is 11.8 Å². The van der Waals surface area contributed by atoms with E-state index in [1.54, 1.807) is 17.0 Å². The maximum absolute atomic E-state index is 12.7. The average molecular weight is 351 g/mol. The monoisotopic (exact) mass is 351 g/mol. The number of amides is 2. The Balaban J connectivity index is 1.41. The molecule has 134 valence electrons. The number of carbonyl (C=O) groups is 2. The molecule has 3 aromatic rings. The number of para-hydroxylation sites is 1. The molecule has 26 heavy (non-hydrogen) atoms. The van der Waals surface area contributed by atoms with Crippen LogP contribution in [0, 0.1) is 6.92 Å². The molecule has 0 bridgehead atoms. The molecule has 6 nitrogen and oxygen atoms in total. The van der Waals surface area contributed by atoms with Crippen molar-refractivity contribution in [1.82, 2.24) is 14.4 Å². The van der Waals surface area contributed by atoms with E-state index in [4.69, 9.17) is 4.42 Å². The first kappa shape index (κ1) is 16.4. The summed E-state index contributed by atoms with van der Waals surface area (Å²) in [5.74, 6) is 0.313. The Bertz CT molecular complexity index is 935. The van der Waals surface area contributed by atoms with E-state index >= 15 is 0 Å². The zero-order chi connectivity index (χ0) is 18.1. The van der Waals surface area contributed by atoms with E-state index < -0.39 is 0 Å². The van der Waals surface area contributed by atoms with Crippen molar-refractivity contribution in [2.45, 2.75) is 13.5 Å². The van der Waals surface area contributed by atoms with Crippen molar-refractivity contribution in [2.75, 3.05) is 26.2 Å². The number of fused-ring (bicyclic) bond motifs is 1. The molecule has 0 atom stereocenters. The lowest BCUT2D eigenvalue weighted by molar-refractivity contribution is -0.133. The number of aryl methyl sites for hydroxylation is 1. The van der Waals surface area contributed by atoms with Crippen molar-refractivity contribution in [3.8, 4) is 0 Å². The number of piperazine rings is 1. The predicted molar refractivity (Wildman–Crippen MR) is 97.9 cm³/mol. The zero-order valence-electron chi connectivity index (χ0n) is 14.7. The van der Waals surface area contributed by atoms with Crippen molar-refractivity contribution in [3.63, 3.8) is 0 Å². The van der Waals surface area contributed by atoms with E-state index in [9.17, 15) is 9.59 Å². The summed E-state index contributed by atoms with van der Waals surface area (Å²) in [6.07, 6.45) is 1.50. The van der Waals surface area contributed by atoms with Gasteiger partial charge in [0, 0.05) is 37.4 Å². The minimum absolute atomic E-state index is 0.0829. The molecule has 1 saturated heterocycles. The second-order valence-electron chi connectivity index (χ2n) is 6.58. The van der Waals surface area contributed by atoms with Gasteiger partial charge in [0.2, 0.25) is 5.91 Å². The Hall–Kier alpha value is -3.02. The van der Waals surface area contributed by atoms with E-state index in [0.717, 1.165) is 16.6 Å². The molecule has 0 aliphatic carbocycles. The van der Waals surface area contributed by atoms with Crippen LogP contribution < -0.4 is 0 Å². The Morgan fingerprint density at radius 1 is 1.00 bits per heavy atom. The molecular weight excluding hydrogens is 330 g/mol. The molecule has 1 aliphatic heterocycles. The van der Waals surface area contributed by atoms with Gasteiger partial charge in [0.05, 0.1) is 6.26 Å². The number of hydrogen-bond donors (Lipinski definition) is 0. The first-order valence-electron chi connectivity index (χ1n) is 8.79. The molecule has 4 rings (SSSR count). The minimum atomic E-state index is -0.116. The van der Waals surface area contributed by atoms with Crippen LogP contribution >= 0.6 is 0 Å². The molecular formula is C20H21N3O3. The quantitative estimate of drug-likeness (QED) is 0.729. The Labute approximate surface area is 151 Å². The van der Waals surface area contributed by atoms with Crippen LogP contribution in [0.2, 0.25) is 0 Å². The van der Waals surface area contributed by atoms with Crippen LogP contribution in [0.1, 0.15) is 16.2 Å². The molecule has 0 unspecified atom stereocenters. The van der Waals surface area contributed by atoms with Gasteiger partial charge in [-0.15, -0.1) is 0 Å². The van der Waals surface area contributed by atoms with Gasteiger partial charge in [0.15, 0.2) is 5.76 Å². The molecule has 6 heteroatoms. The van der Waals surface area contributed by atoms with Crippen molar-refractivity contribution in [3.05, 3.63) is 60.2 Å². The Kier molecular flexibility index (Phi) is 4.24. The summed E-state index contributed by atoms with van der Waals surface area (Å²) in [6, 6.07) is 13.6. The van der Waals surface area contributed by atoms with Gasteiger partial charge in [-0.1, -0.05) is 18.2 Å². The number of carbonyl (C=O) groups excluding carboxylic acids is 2. The number of furan rings is 1. The van der Waals surface area contributed by atoms with Crippen LogP contribution in [0.4, 0.5) is 0 Å². The van der Waals surface area contributed by atoms with Crippen LogP contribution in [0.15, 0.2) is 53.1 Å². The van der Waals surface area contributed by atoms with E-state index in [2.05, 4.69) is 16.7 Å². The molecule has 0 N–H and O–H groups in total. The molecule has 2 aromatic heterocycles. The third-order valence-corrected chi connectivity index (χ3v) is 4.96. The van der Waals surface area contributed by atoms with Crippen LogP contribution in [-0.2, 0) is 11.3 Å². The number of benzene rings is 1. The minimum Gasteiger partial charge on any atom is -0.459 e. The van der Waals surface area contributed by atoms with Gasteiger partial charge in [0.25, 0.3) is 5.91 Å². The molecule has 3 heterocycles. The van der Waals surface area contributed by atoms with Crippen molar-refractivity contribution < 1.29 is 14.0 Å². The van der Waals surface area contributed by atoms with E-state index in [0.29, 0.717) is 38.5 Å². The topological polar surface area (TPSA) is 58.7 Å². The second kappa shape index (κ2) is 6.71. The highest BCUT2D eigenvalue weighted by Gasteiger charge is 2.26. The van der Waals surface area contributed by atoms with Crippen molar-refractivity contribution in [2.24, 2.45) is 0 Å². The fourth-order valence-electron chi connectivity index (χ4n) is 3.51. The third kappa shape index (κ3) is 2.98. The normalized spacial score (nSPS) is 14.8. The molecule has 1 aliphatic rings. The highest BCUT2D eigenvalue weighted by Crippen LogP contribution is 2.19. The van der Waals surface area contributed by atoms with Gasteiger partial charge in [-0.25, -0.2) is 0 Å². The molecule has 0 radical (unpaired) electrons. The fourth-order valence-corrected chi connectivity index (χ4v) is 3.51. The maximum Gasteiger partial charge on any atom is 0.289 e. The largest absolute Gasteiger partial charge is 0.459 e. The molecule has 2 amide bonds. The summed E-state index contributed by atoms with van der Waals surface area (Å²) in [5, 5.41) is 1.15. The van der Waals surface area contributed by atoms with E-state index in [1.165, 1.54) is 6.26 Å². The number of nitrogens with zero attached hydrogens (tertiary/aromatic N) is 3. The lowest BCUT2D eigenvalue weighted by atomic mass is 10.2. The van der Waals surface area contributed by atoms with Gasteiger partial charge >= 0.3 is 0 Å². The summed E-state index contributed by atoms with van der Waals surface area (Å²) in [6.45, 7) is 4.49. The highest BCUT2D eigenvalue weighted by molar-refractivity contribution is 5.91. The summed E-state index contributed by atoms with van der Waals surface area (Å²) in [5.41, 5.74) is 2.15. The van der Waals surface area contributed by atoms with Gasteiger partial charge < -0.3 is 18.8 Å². The van der Waals surface area contributed by atoms with Gasteiger partial charge in [-0.05, 0) is 36.6 Å². The van der Waals surface area contributed by atoms with Gasteiger partial charge in [0.1, 0.15) is 6.54 Å². The maximum atomic E-state index is 12.7. The summed E-state index contributed by atoms with van der Waals surface area (Å²) in [4.78, 5) is 28.6. The molecule has 1 fully saturated rings. The zero-order valence-corrected chi connectivity index (χ0v) is 14.7. The van der Waals surface area contributed by atoms with Crippen molar-refractivity contribution in [1.29, 1.82) is 0 Å². The first-order chi connectivity index (χ1) is 12.6. The molecule has 0 spiro atoms. The van der Waals surface area contributed by atoms with Crippen LogP contribution in [-0.4, -0.2) is 52.4 Å². The first-order valence-corrected chi connectivity index (χ1v) is 8.79. The second-order valence-corrected chi connectivity index (χ2v) is 6.58. The van der Waals surface area contributed by atoms with Crippen LogP contribution in [0.5, 0.6) is 0 Å². The SMILES string of the molecule is Cc1cc2ccccc2n1CC(=O)N1CCN(C(=O)c2ccco2)CC1. The summed E-state index contributed by atoms with van der Waals surface area (Å²) in [7, 11) is 0. The average Bonchev–Trinajstić information content (AvgIpc) is 3.30. The third-order valence-electron chi connectivity index (χ3n) is 4.96. The predicted octanol–water partition coefficient (Wildman–Crippen LogP) is 2.53. The smallest absolute Gasteiger partial charge is 0.289 e. The standard InChI is InChI=1S/C20H21N3O3/c1-15-13-16-5-2-3-6-17(16)23(15)14-19(24)21-8-10-22(11-9-21)20(25)18-7-4-12-26-18/h2-7,12-13H,8-11,14H2,1H3. The fraction of sp³-hybridized carbons (Fsp3) is 0.300. The van der Waals surface area contributed by atoms with Crippen molar-refractivity contribution >= 4 is 22.7 Å². The molecule has 1 aromatic carbocycles. The molecule has 0 saturated carbocycles. The van der Waals surface area contributed by atoms with Crippen LogP contribution in [0.3, 0.4) is 0 Å². The lowest BCUT2D eigenvalue weighted by Crippen LogP contribution is -2.51. The van der Waals surface area contributed by atoms with Gasteiger partial charge in [-0.2, -0.15) is 0 Å². The Morgan fingerprint density at radius 3 is 2.46 bits per heavy atom. The number of rotatable bonds is 3. The lowest BCUT2D eigenvalue weighted by Gasteiger charge is -2.34. The number of hydrogen-bond acceptors (Lipinski definition) is 3. The van der Waals surface area contributed by atoms with E-state index in [1.807, 2.05) is 30.0 Å². The Morgan fingerprint density at radius 2 is 1.73 bits per heavy atom. The summed E-state index contributed by atoms with van der Waals surface area (Å²) >= 11 is 0. The highest BCUT2D eigenvalue weighted by atomic mass is 16.3.